The molecule has 0 bridgehead atoms. The molecule has 0 spiro atoms. The molecule has 7 N–H and O–H groups in total. The molecular weight excluding hydrogens is 400 g/mol. The highest BCUT2D eigenvalue weighted by atomic mass is 32.1. The van der Waals surface area contributed by atoms with Crippen LogP contribution in [-0.4, -0.2) is 70.4 Å². The van der Waals surface area contributed by atoms with Crippen molar-refractivity contribution < 1.29 is 29.4 Å². The summed E-state index contributed by atoms with van der Waals surface area (Å²) in [6.45, 7) is 6.58. The van der Waals surface area contributed by atoms with Crippen LogP contribution in [0.5, 0.6) is 0 Å². The van der Waals surface area contributed by atoms with Crippen molar-refractivity contribution in [2.45, 2.75) is 64.7 Å². The number of hydrogen-bond donors (Lipinski definition) is 7. The van der Waals surface area contributed by atoms with Crippen LogP contribution in [0.15, 0.2) is 0 Å². The zero-order chi connectivity index (χ0) is 22.7. The lowest BCUT2D eigenvalue weighted by molar-refractivity contribution is -0.143. The van der Waals surface area contributed by atoms with E-state index >= 15 is 0 Å². The van der Waals surface area contributed by atoms with Gasteiger partial charge in [0, 0.05) is 5.75 Å². The predicted octanol–water partition coefficient (Wildman–Crippen LogP) is -1.13. The van der Waals surface area contributed by atoms with Gasteiger partial charge in [-0.05, 0) is 11.8 Å². The fourth-order valence-corrected chi connectivity index (χ4v) is 2.63. The quantitative estimate of drug-likeness (QED) is 0.180. The number of carbonyl (C=O) groups excluding carboxylic acids is 3. The number of hydrogen-bond acceptors (Lipinski definition) is 7. The Kier molecular flexibility index (Phi) is 12.5. The Morgan fingerprint density at radius 3 is 1.83 bits per heavy atom. The van der Waals surface area contributed by atoms with Crippen molar-refractivity contribution in [2.75, 3.05) is 12.4 Å². The van der Waals surface area contributed by atoms with Crippen LogP contribution in [0.25, 0.3) is 0 Å². The van der Waals surface area contributed by atoms with Crippen molar-refractivity contribution in [3.63, 3.8) is 0 Å². The lowest BCUT2D eigenvalue weighted by Gasteiger charge is -2.28. The molecule has 10 nitrogen and oxygen atoms in total. The summed E-state index contributed by atoms with van der Waals surface area (Å²) in [5.41, 5.74) is 5.94. The van der Waals surface area contributed by atoms with Crippen LogP contribution in [0, 0.1) is 11.8 Å². The summed E-state index contributed by atoms with van der Waals surface area (Å²) in [5.74, 6) is -3.70. The number of carbonyl (C=O) groups is 4. The van der Waals surface area contributed by atoms with Crippen molar-refractivity contribution in [3.05, 3.63) is 0 Å². The first-order chi connectivity index (χ1) is 13.5. The smallest absolute Gasteiger partial charge is 0.328 e. The second-order valence-corrected chi connectivity index (χ2v) is 7.47. The highest BCUT2D eigenvalue weighted by Gasteiger charge is 2.32. The Morgan fingerprint density at radius 2 is 1.41 bits per heavy atom. The zero-order valence-corrected chi connectivity index (χ0v) is 18.2. The number of nitrogens with two attached hydrogens (primary N) is 1. The maximum Gasteiger partial charge on any atom is 0.328 e. The minimum atomic E-state index is -1.50. The standard InChI is InChI=1S/C18H34N4O6S/c1-5-9(3)13(19)16(25)22-14(10(4)6-2)17(26)21-12(8-29)15(24)20-11(7-23)18(27)28/h9-14,23,29H,5-8,19H2,1-4H3,(H,20,24)(H,21,26)(H,22,25)(H,27,28). The molecule has 0 aromatic carbocycles. The van der Waals surface area contributed by atoms with Crippen molar-refractivity contribution in [2.24, 2.45) is 17.6 Å². The van der Waals surface area contributed by atoms with E-state index in [9.17, 15) is 19.2 Å². The fraction of sp³-hybridized carbons (Fsp3) is 0.778. The first-order valence-electron chi connectivity index (χ1n) is 9.65. The molecule has 168 valence electrons. The number of amides is 3. The highest BCUT2D eigenvalue weighted by Crippen LogP contribution is 2.11. The molecule has 29 heavy (non-hydrogen) atoms. The summed E-state index contributed by atoms with van der Waals surface area (Å²) in [6, 6.07) is -4.35. The van der Waals surface area contributed by atoms with Crippen LogP contribution in [-0.2, 0) is 19.2 Å². The van der Waals surface area contributed by atoms with Crippen LogP contribution in [0.1, 0.15) is 40.5 Å². The third-order valence-electron chi connectivity index (χ3n) is 4.97. The molecule has 0 saturated heterocycles. The Hall–Kier alpha value is -1.85. The third kappa shape index (κ3) is 8.58. The van der Waals surface area contributed by atoms with Gasteiger partial charge in [0.1, 0.15) is 18.1 Å². The van der Waals surface area contributed by atoms with Gasteiger partial charge in [-0.15, -0.1) is 0 Å². The molecule has 0 aromatic heterocycles. The van der Waals surface area contributed by atoms with Crippen molar-refractivity contribution in [1.29, 1.82) is 0 Å². The molecule has 0 aromatic rings. The molecule has 0 rings (SSSR count). The maximum absolute atomic E-state index is 12.8. The topological polar surface area (TPSA) is 171 Å². The summed E-state index contributed by atoms with van der Waals surface area (Å²) in [7, 11) is 0. The number of nitrogens with one attached hydrogen (secondary N) is 3. The summed E-state index contributed by atoms with van der Waals surface area (Å²) in [5, 5.41) is 25.2. The van der Waals surface area contributed by atoms with E-state index < -0.39 is 54.5 Å². The fourth-order valence-electron chi connectivity index (χ4n) is 2.38. The highest BCUT2D eigenvalue weighted by molar-refractivity contribution is 7.80. The molecule has 3 amide bonds. The molecule has 0 heterocycles. The van der Waals surface area contributed by atoms with E-state index in [1.807, 2.05) is 20.8 Å². The molecule has 0 saturated carbocycles. The van der Waals surface area contributed by atoms with Gasteiger partial charge in [0.2, 0.25) is 17.7 Å². The molecule has 11 heteroatoms. The summed E-state index contributed by atoms with van der Waals surface area (Å²) in [6.07, 6.45) is 1.28. The lowest BCUT2D eigenvalue weighted by Crippen LogP contribution is -2.59. The minimum absolute atomic E-state index is 0.0713. The second kappa shape index (κ2) is 13.4. The van der Waals surface area contributed by atoms with Gasteiger partial charge in [-0.3, -0.25) is 14.4 Å². The largest absolute Gasteiger partial charge is 0.480 e. The van der Waals surface area contributed by atoms with Crippen LogP contribution >= 0.6 is 12.6 Å². The minimum Gasteiger partial charge on any atom is -0.480 e. The summed E-state index contributed by atoms with van der Waals surface area (Å²) < 4.78 is 0. The number of aliphatic carboxylic acids is 1. The molecule has 0 aliphatic heterocycles. The first kappa shape index (κ1) is 27.1. The number of thiol groups is 1. The SMILES string of the molecule is CCC(C)C(N)C(=O)NC(C(=O)NC(CS)C(=O)NC(CO)C(=O)O)C(C)CC. The van der Waals surface area contributed by atoms with Gasteiger partial charge < -0.3 is 31.9 Å². The number of carboxylic acids is 1. The Labute approximate surface area is 176 Å². The van der Waals surface area contributed by atoms with Gasteiger partial charge in [0.15, 0.2) is 0 Å². The number of aliphatic hydroxyl groups excluding tert-OH is 1. The van der Waals surface area contributed by atoms with E-state index in [1.165, 1.54) is 0 Å². The Morgan fingerprint density at radius 1 is 0.897 bits per heavy atom. The molecular formula is C18H34N4O6S. The van der Waals surface area contributed by atoms with E-state index in [0.717, 1.165) is 0 Å². The van der Waals surface area contributed by atoms with Gasteiger partial charge in [-0.25, -0.2) is 4.79 Å². The van der Waals surface area contributed by atoms with Gasteiger partial charge >= 0.3 is 5.97 Å². The molecule has 0 aliphatic carbocycles. The van der Waals surface area contributed by atoms with E-state index in [2.05, 4.69) is 28.6 Å². The second-order valence-electron chi connectivity index (χ2n) is 7.11. The van der Waals surface area contributed by atoms with E-state index in [-0.39, 0.29) is 17.6 Å². The van der Waals surface area contributed by atoms with Gasteiger partial charge in [-0.1, -0.05) is 40.5 Å². The molecule has 0 aliphatic rings. The van der Waals surface area contributed by atoms with Crippen LogP contribution < -0.4 is 21.7 Å². The van der Waals surface area contributed by atoms with Crippen molar-refractivity contribution >= 4 is 36.3 Å². The van der Waals surface area contributed by atoms with E-state index in [0.29, 0.717) is 12.8 Å². The monoisotopic (exact) mass is 434 g/mol. The third-order valence-corrected chi connectivity index (χ3v) is 5.33. The van der Waals surface area contributed by atoms with E-state index in [4.69, 9.17) is 15.9 Å². The van der Waals surface area contributed by atoms with Crippen molar-refractivity contribution in [3.8, 4) is 0 Å². The van der Waals surface area contributed by atoms with Crippen LogP contribution in [0.3, 0.4) is 0 Å². The molecule has 0 fully saturated rings. The average molecular weight is 435 g/mol. The normalized spacial score (nSPS) is 17.2. The zero-order valence-electron chi connectivity index (χ0n) is 17.3. The summed E-state index contributed by atoms with van der Waals surface area (Å²) in [4.78, 5) is 48.4. The average Bonchev–Trinajstić information content (AvgIpc) is 2.71. The lowest BCUT2D eigenvalue weighted by atomic mass is 9.95. The molecule has 6 atom stereocenters. The first-order valence-corrected chi connectivity index (χ1v) is 10.3. The Bertz CT molecular complexity index is 577. The van der Waals surface area contributed by atoms with Gasteiger partial charge in [0.25, 0.3) is 0 Å². The maximum atomic E-state index is 12.8. The van der Waals surface area contributed by atoms with Crippen LogP contribution in [0.4, 0.5) is 0 Å². The van der Waals surface area contributed by atoms with Gasteiger partial charge in [-0.2, -0.15) is 12.6 Å². The number of carboxylic acid groups (broad SMARTS) is 1. The Balaban J connectivity index is 5.26. The molecule has 0 radical (unpaired) electrons. The van der Waals surface area contributed by atoms with Crippen LogP contribution in [0.2, 0.25) is 0 Å². The summed E-state index contributed by atoms with van der Waals surface area (Å²) >= 11 is 4.03. The number of aliphatic hydroxyl groups is 1. The number of rotatable bonds is 13. The van der Waals surface area contributed by atoms with E-state index in [1.54, 1.807) is 6.92 Å². The van der Waals surface area contributed by atoms with Gasteiger partial charge in [0.05, 0.1) is 12.6 Å². The van der Waals surface area contributed by atoms with Crippen molar-refractivity contribution in [1.82, 2.24) is 16.0 Å². The molecule has 6 unspecified atom stereocenters. The predicted molar refractivity (Wildman–Crippen MR) is 111 cm³/mol.